The number of phenolic OH excluding ortho intramolecular Hbond substituents is 2. The number of para-hydroxylation sites is 2. The quantitative estimate of drug-likeness (QED) is 0.305. The van der Waals surface area contributed by atoms with Crippen LogP contribution in [0, 0.1) is 0 Å². The largest absolute Gasteiger partial charge is 0.504 e. The summed E-state index contributed by atoms with van der Waals surface area (Å²) in [5, 5.41) is 38.0. The third-order valence-corrected chi connectivity index (χ3v) is 3.41. The van der Waals surface area contributed by atoms with E-state index in [4.69, 9.17) is 19.7 Å². The summed E-state index contributed by atoms with van der Waals surface area (Å²) in [5.74, 6) is 1.19. The molecule has 3 aromatic rings. The molecule has 122 valence electrons. The monoisotopic (exact) mass is 327 g/mol. The van der Waals surface area contributed by atoms with E-state index in [2.05, 4.69) is 5.32 Å². The molecule has 0 bridgehead atoms. The zero-order valence-corrected chi connectivity index (χ0v) is 12.2. The summed E-state index contributed by atoms with van der Waals surface area (Å²) in [4.78, 5) is 8.56. The Bertz CT molecular complexity index is 864. The lowest BCUT2D eigenvalue weighted by molar-refractivity contribution is 0.137. The molecule has 0 fully saturated rings. The van der Waals surface area contributed by atoms with Crippen LogP contribution in [-0.4, -0.2) is 26.6 Å². The SMILES string of the molecule is O=C(O)O.Oc1cc2cc3c(cc2cc1O)Oc1ccccc1N3. The van der Waals surface area contributed by atoms with Gasteiger partial charge in [0.05, 0.1) is 11.4 Å². The predicted molar refractivity (Wildman–Crippen MR) is 87.7 cm³/mol. The second-order valence-electron chi connectivity index (χ2n) is 5.04. The molecule has 24 heavy (non-hydrogen) atoms. The van der Waals surface area contributed by atoms with E-state index in [0.717, 1.165) is 27.9 Å². The Kier molecular flexibility index (Phi) is 3.75. The maximum absolute atomic E-state index is 9.58. The molecule has 5 N–H and O–H groups in total. The standard InChI is InChI=1S/C16H11NO3.CH2O3/c18-13-6-9-5-12-16(8-10(9)7-14(13)19)20-15-4-2-1-3-11(15)17-12;2-1(3)4/h1-8,17-19H;(H2,2,3,4). The lowest BCUT2D eigenvalue weighted by Gasteiger charge is -2.22. The number of fused-ring (bicyclic) bond motifs is 3. The number of hydrogen-bond acceptors (Lipinski definition) is 5. The highest BCUT2D eigenvalue weighted by molar-refractivity contribution is 5.93. The Labute approximate surface area is 136 Å². The molecular weight excluding hydrogens is 314 g/mol. The van der Waals surface area contributed by atoms with Gasteiger partial charge in [0.15, 0.2) is 23.0 Å². The number of rotatable bonds is 0. The summed E-state index contributed by atoms with van der Waals surface area (Å²) in [6.45, 7) is 0. The Morgan fingerprint density at radius 1 is 0.833 bits per heavy atom. The topological polar surface area (TPSA) is 119 Å². The molecule has 0 unspecified atom stereocenters. The van der Waals surface area contributed by atoms with E-state index in [9.17, 15) is 10.2 Å². The van der Waals surface area contributed by atoms with Crippen LogP contribution in [0.25, 0.3) is 10.8 Å². The molecule has 7 heteroatoms. The third kappa shape index (κ3) is 2.95. The van der Waals surface area contributed by atoms with E-state index < -0.39 is 6.16 Å². The fourth-order valence-electron chi connectivity index (χ4n) is 2.41. The summed E-state index contributed by atoms with van der Waals surface area (Å²) >= 11 is 0. The van der Waals surface area contributed by atoms with Crippen molar-refractivity contribution < 1.29 is 30.0 Å². The predicted octanol–water partition coefficient (Wildman–Crippen LogP) is 4.32. The highest BCUT2D eigenvalue weighted by Crippen LogP contribution is 2.44. The van der Waals surface area contributed by atoms with Gasteiger partial charge >= 0.3 is 6.16 Å². The van der Waals surface area contributed by atoms with E-state index in [0.29, 0.717) is 5.75 Å². The normalized spacial score (nSPS) is 11.2. The van der Waals surface area contributed by atoms with Gasteiger partial charge in [0.2, 0.25) is 0 Å². The molecule has 0 saturated carbocycles. The van der Waals surface area contributed by atoms with Crippen molar-refractivity contribution in [1.82, 2.24) is 0 Å². The molecule has 1 aliphatic heterocycles. The number of carboxylic acid groups (broad SMARTS) is 2. The maximum Gasteiger partial charge on any atom is 0.503 e. The van der Waals surface area contributed by atoms with Gasteiger partial charge in [-0.05, 0) is 47.2 Å². The highest BCUT2D eigenvalue weighted by atomic mass is 16.6. The number of hydrogen-bond donors (Lipinski definition) is 5. The molecule has 1 heterocycles. The van der Waals surface area contributed by atoms with Crippen molar-refractivity contribution in [3.8, 4) is 23.0 Å². The van der Waals surface area contributed by atoms with Gasteiger partial charge in [-0.25, -0.2) is 4.79 Å². The first-order chi connectivity index (χ1) is 11.4. The maximum atomic E-state index is 9.58. The first kappa shape index (κ1) is 15.3. The van der Waals surface area contributed by atoms with Crippen molar-refractivity contribution in [2.24, 2.45) is 0 Å². The van der Waals surface area contributed by atoms with Crippen LogP contribution in [0.3, 0.4) is 0 Å². The van der Waals surface area contributed by atoms with Crippen LogP contribution in [0.1, 0.15) is 0 Å². The van der Waals surface area contributed by atoms with E-state index in [-0.39, 0.29) is 11.5 Å². The number of anilines is 2. The Hall–Kier alpha value is -3.61. The molecule has 3 aromatic carbocycles. The molecule has 7 nitrogen and oxygen atoms in total. The van der Waals surface area contributed by atoms with E-state index in [1.165, 1.54) is 12.1 Å². The van der Waals surface area contributed by atoms with Gasteiger partial charge in [-0.3, -0.25) is 0 Å². The second kappa shape index (κ2) is 5.88. The number of aromatic hydroxyl groups is 2. The third-order valence-electron chi connectivity index (χ3n) is 3.41. The molecule has 0 aromatic heterocycles. The number of phenols is 2. The van der Waals surface area contributed by atoms with Crippen molar-refractivity contribution in [3.63, 3.8) is 0 Å². The van der Waals surface area contributed by atoms with Crippen molar-refractivity contribution >= 4 is 28.3 Å². The summed E-state index contributed by atoms with van der Waals surface area (Å²) in [5.41, 5.74) is 1.74. The molecule has 0 atom stereocenters. The molecule has 0 saturated heterocycles. The van der Waals surface area contributed by atoms with Gasteiger partial charge in [0.1, 0.15) is 0 Å². The summed E-state index contributed by atoms with van der Waals surface area (Å²) in [6.07, 6.45) is -1.83. The van der Waals surface area contributed by atoms with E-state index in [1.807, 2.05) is 36.4 Å². The number of nitrogens with one attached hydrogen (secondary N) is 1. The number of carbonyl (C=O) groups is 1. The van der Waals surface area contributed by atoms with Gasteiger partial charge < -0.3 is 30.5 Å². The van der Waals surface area contributed by atoms with Crippen LogP contribution in [0.5, 0.6) is 23.0 Å². The smallest absolute Gasteiger partial charge is 0.503 e. The summed E-state index contributed by atoms with van der Waals surface area (Å²) < 4.78 is 5.85. The van der Waals surface area contributed by atoms with Crippen molar-refractivity contribution in [3.05, 3.63) is 48.5 Å². The molecule has 1 aliphatic rings. The lowest BCUT2D eigenvalue weighted by atomic mass is 10.1. The zero-order valence-electron chi connectivity index (χ0n) is 12.2. The Morgan fingerprint density at radius 2 is 1.42 bits per heavy atom. The van der Waals surface area contributed by atoms with Crippen molar-refractivity contribution in [2.75, 3.05) is 5.32 Å². The average Bonchev–Trinajstić information content (AvgIpc) is 2.52. The van der Waals surface area contributed by atoms with Gasteiger partial charge in [0, 0.05) is 0 Å². The zero-order chi connectivity index (χ0) is 17.3. The van der Waals surface area contributed by atoms with Crippen LogP contribution in [0.4, 0.5) is 16.2 Å². The fourth-order valence-corrected chi connectivity index (χ4v) is 2.41. The first-order valence-electron chi connectivity index (χ1n) is 6.89. The molecule has 0 aliphatic carbocycles. The summed E-state index contributed by atoms with van der Waals surface area (Å²) in [7, 11) is 0. The number of benzene rings is 3. The van der Waals surface area contributed by atoms with Gasteiger partial charge in [0.25, 0.3) is 0 Å². The van der Waals surface area contributed by atoms with Crippen molar-refractivity contribution in [2.45, 2.75) is 0 Å². The minimum Gasteiger partial charge on any atom is -0.504 e. The average molecular weight is 327 g/mol. The van der Waals surface area contributed by atoms with Gasteiger partial charge in [-0.2, -0.15) is 0 Å². The lowest BCUT2D eigenvalue weighted by Crippen LogP contribution is -2.02. The van der Waals surface area contributed by atoms with Gasteiger partial charge in [-0.1, -0.05) is 12.1 Å². The minimum absolute atomic E-state index is 0.130. The van der Waals surface area contributed by atoms with Gasteiger partial charge in [-0.15, -0.1) is 0 Å². The number of ether oxygens (including phenoxy) is 1. The molecule has 0 amide bonds. The van der Waals surface area contributed by atoms with Crippen LogP contribution < -0.4 is 10.1 Å². The van der Waals surface area contributed by atoms with Crippen LogP contribution >= 0.6 is 0 Å². The molecule has 0 radical (unpaired) electrons. The van der Waals surface area contributed by atoms with Crippen LogP contribution in [-0.2, 0) is 0 Å². The Balaban J connectivity index is 0.000000383. The molecule has 0 spiro atoms. The van der Waals surface area contributed by atoms with Crippen LogP contribution in [0.15, 0.2) is 48.5 Å². The van der Waals surface area contributed by atoms with Crippen molar-refractivity contribution in [1.29, 1.82) is 0 Å². The van der Waals surface area contributed by atoms with E-state index >= 15 is 0 Å². The fraction of sp³-hybridized carbons (Fsp3) is 0. The molecule has 4 rings (SSSR count). The molecular formula is C17H13NO6. The summed E-state index contributed by atoms with van der Waals surface area (Å²) in [6, 6.07) is 14.5. The van der Waals surface area contributed by atoms with E-state index in [1.54, 1.807) is 0 Å². The second-order valence-corrected chi connectivity index (χ2v) is 5.04. The minimum atomic E-state index is -1.83. The highest BCUT2D eigenvalue weighted by Gasteiger charge is 2.17. The first-order valence-corrected chi connectivity index (χ1v) is 6.89. The Morgan fingerprint density at radius 3 is 2.08 bits per heavy atom. The van der Waals surface area contributed by atoms with Crippen LogP contribution in [0.2, 0.25) is 0 Å².